The van der Waals surface area contributed by atoms with E-state index >= 15 is 0 Å². The van der Waals surface area contributed by atoms with Gasteiger partial charge < -0.3 is 15.5 Å². The molecule has 1 fully saturated rings. The third kappa shape index (κ3) is 4.01. The largest absolute Gasteiger partial charge is 0.350 e. The summed E-state index contributed by atoms with van der Waals surface area (Å²) in [5.74, 6) is -0.749. The molecule has 168 valence electrons. The Labute approximate surface area is 193 Å². The highest BCUT2D eigenvalue weighted by atomic mass is 32.2. The molecule has 1 saturated heterocycles. The molecule has 6 nitrogen and oxygen atoms in total. The van der Waals surface area contributed by atoms with E-state index < -0.39 is 16.8 Å². The van der Waals surface area contributed by atoms with Gasteiger partial charge in [0, 0.05) is 16.9 Å². The van der Waals surface area contributed by atoms with Gasteiger partial charge in [0.05, 0.1) is 0 Å². The van der Waals surface area contributed by atoms with Crippen LogP contribution >= 0.6 is 11.8 Å². The first-order valence-corrected chi connectivity index (χ1v) is 11.8. The molecule has 0 radical (unpaired) electrons. The van der Waals surface area contributed by atoms with Crippen molar-refractivity contribution in [2.24, 2.45) is 5.92 Å². The number of amides is 3. The smallest absolute Gasteiger partial charge is 0.256 e. The summed E-state index contributed by atoms with van der Waals surface area (Å²) in [7, 11) is 0. The van der Waals surface area contributed by atoms with Gasteiger partial charge in [-0.1, -0.05) is 62.4 Å². The van der Waals surface area contributed by atoms with Crippen molar-refractivity contribution in [3.8, 4) is 0 Å². The molecule has 0 aliphatic carbocycles. The van der Waals surface area contributed by atoms with Gasteiger partial charge in [-0.2, -0.15) is 0 Å². The van der Waals surface area contributed by atoms with Crippen LogP contribution < -0.4 is 10.6 Å². The molecular formula is C25H29N3O3S. The first kappa shape index (κ1) is 22.4. The Morgan fingerprint density at radius 3 is 2.41 bits per heavy atom. The maximum Gasteiger partial charge on any atom is 0.256 e. The number of fused-ring (bicyclic) bond motifs is 3. The summed E-state index contributed by atoms with van der Waals surface area (Å²) in [5, 5.41) is 5.69. The van der Waals surface area contributed by atoms with Crippen LogP contribution in [0, 0.1) is 5.92 Å². The van der Waals surface area contributed by atoms with Crippen LogP contribution in [0.15, 0.2) is 54.6 Å². The molecule has 7 heteroatoms. The number of carbonyl (C=O) groups is 3. The number of nitrogens with one attached hydrogen (secondary N) is 2. The molecule has 2 aromatic carbocycles. The van der Waals surface area contributed by atoms with E-state index in [2.05, 4.69) is 10.6 Å². The van der Waals surface area contributed by atoms with Crippen LogP contribution in [-0.2, 0) is 16.1 Å². The number of benzene rings is 2. The van der Waals surface area contributed by atoms with Crippen LogP contribution in [0.4, 0.5) is 0 Å². The highest BCUT2D eigenvalue weighted by Crippen LogP contribution is 2.56. The minimum Gasteiger partial charge on any atom is -0.350 e. The summed E-state index contributed by atoms with van der Waals surface area (Å²) in [6.07, 6.45) is 0. The van der Waals surface area contributed by atoms with E-state index in [4.69, 9.17) is 0 Å². The molecule has 4 rings (SSSR count). The van der Waals surface area contributed by atoms with Crippen LogP contribution in [0.1, 0.15) is 54.6 Å². The lowest BCUT2D eigenvalue weighted by atomic mass is 9.98. The van der Waals surface area contributed by atoms with E-state index in [0.29, 0.717) is 12.1 Å². The Balaban J connectivity index is 1.51. The number of hydrogen-bond donors (Lipinski definition) is 2. The van der Waals surface area contributed by atoms with Crippen molar-refractivity contribution in [2.75, 3.05) is 0 Å². The molecule has 2 aromatic rings. The van der Waals surface area contributed by atoms with Crippen LogP contribution in [0.5, 0.6) is 0 Å². The minimum atomic E-state index is -0.689. The van der Waals surface area contributed by atoms with Gasteiger partial charge in [-0.05, 0) is 37.0 Å². The van der Waals surface area contributed by atoms with Crippen molar-refractivity contribution in [3.63, 3.8) is 0 Å². The van der Waals surface area contributed by atoms with Crippen LogP contribution in [0.2, 0.25) is 0 Å². The summed E-state index contributed by atoms with van der Waals surface area (Å²) in [6.45, 7) is 8.17. The highest BCUT2D eigenvalue weighted by Gasteiger charge is 2.57. The monoisotopic (exact) mass is 451 g/mol. The average molecular weight is 452 g/mol. The SMILES string of the molecule is CC(C)[C@H](NC(=O)[C@H]1N2C(=O)c3ccccc3[C@H]2SC1(C)C)C(=O)NCc1ccccc1. The lowest BCUT2D eigenvalue weighted by molar-refractivity contribution is -0.132. The van der Waals surface area contributed by atoms with Crippen molar-refractivity contribution in [1.82, 2.24) is 15.5 Å². The molecule has 0 bridgehead atoms. The van der Waals surface area contributed by atoms with E-state index in [9.17, 15) is 14.4 Å². The van der Waals surface area contributed by atoms with Crippen molar-refractivity contribution in [3.05, 3.63) is 71.3 Å². The van der Waals surface area contributed by atoms with Gasteiger partial charge in [0.2, 0.25) is 11.8 Å². The summed E-state index contributed by atoms with van der Waals surface area (Å²) < 4.78 is -0.486. The zero-order valence-electron chi connectivity index (χ0n) is 18.8. The second kappa shape index (κ2) is 8.62. The first-order valence-electron chi connectivity index (χ1n) is 10.9. The third-order valence-corrected chi connectivity index (χ3v) is 7.64. The Kier molecular flexibility index (Phi) is 6.03. The number of nitrogens with zero attached hydrogens (tertiary/aromatic N) is 1. The lowest BCUT2D eigenvalue weighted by Gasteiger charge is -2.32. The van der Waals surface area contributed by atoms with Gasteiger partial charge in [0.1, 0.15) is 17.5 Å². The zero-order valence-corrected chi connectivity index (χ0v) is 19.6. The van der Waals surface area contributed by atoms with Crippen molar-refractivity contribution >= 4 is 29.5 Å². The molecule has 2 aliphatic rings. The minimum absolute atomic E-state index is 0.103. The number of hydrogen-bond acceptors (Lipinski definition) is 4. The fourth-order valence-electron chi connectivity index (χ4n) is 4.47. The lowest BCUT2D eigenvalue weighted by Crippen LogP contribution is -2.58. The normalized spacial score (nSPS) is 21.8. The van der Waals surface area contributed by atoms with Crippen molar-refractivity contribution in [2.45, 2.75) is 56.4 Å². The van der Waals surface area contributed by atoms with Gasteiger partial charge in [0.25, 0.3) is 5.91 Å². The molecule has 32 heavy (non-hydrogen) atoms. The average Bonchev–Trinajstić information content (AvgIpc) is 3.20. The van der Waals surface area contributed by atoms with Crippen LogP contribution in [0.3, 0.4) is 0 Å². The molecule has 0 spiro atoms. The predicted octanol–water partition coefficient (Wildman–Crippen LogP) is 3.49. The molecule has 2 N–H and O–H groups in total. The second-order valence-corrected chi connectivity index (χ2v) is 10.9. The maximum absolute atomic E-state index is 13.5. The Morgan fingerprint density at radius 2 is 1.72 bits per heavy atom. The zero-order chi connectivity index (χ0) is 23.0. The highest BCUT2D eigenvalue weighted by molar-refractivity contribution is 8.01. The molecule has 3 amide bonds. The topological polar surface area (TPSA) is 78.5 Å². The fraction of sp³-hybridized carbons (Fsp3) is 0.400. The van der Waals surface area contributed by atoms with E-state index in [1.165, 1.54) is 0 Å². The molecule has 0 unspecified atom stereocenters. The third-order valence-electron chi connectivity index (χ3n) is 6.10. The number of carbonyl (C=O) groups excluding carboxylic acids is 3. The van der Waals surface area contributed by atoms with Crippen molar-refractivity contribution in [1.29, 1.82) is 0 Å². The second-order valence-electron chi connectivity index (χ2n) is 9.21. The Hall–Kier alpha value is -2.80. The maximum atomic E-state index is 13.5. The van der Waals surface area contributed by atoms with Crippen molar-refractivity contribution < 1.29 is 14.4 Å². The summed E-state index contributed by atoms with van der Waals surface area (Å²) >= 11 is 1.62. The van der Waals surface area contributed by atoms with E-state index in [1.807, 2.05) is 82.3 Å². The van der Waals surface area contributed by atoms with E-state index in [1.54, 1.807) is 16.7 Å². The number of thioether (sulfide) groups is 1. The Morgan fingerprint density at radius 1 is 1.06 bits per heavy atom. The van der Waals surface area contributed by atoms with E-state index in [-0.39, 0.29) is 29.0 Å². The number of rotatable bonds is 6. The molecular weight excluding hydrogens is 422 g/mol. The van der Waals surface area contributed by atoms with E-state index in [0.717, 1.165) is 11.1 Å². The van der Waals surface area contributed by atoms with Crippen LogP contribution in [0.25, 0.3) is 0 Å². The van der Waals surface area contributed by atoms with Crippen LogP contribution in [-0.4, -0.2) is 39.5 Å². The molecule has 3 atom stereocenters. The summed E-state index contributed by atoms with van der Waals surface area (Å²) in [4.78, 5) is 41.3. The standard InChI is InChI=1S/C25H29N3O3S/c1-15(2)19(21(29)26-14-16-10-6-5-7-11-16)27-22(30)20-25(3,4)32-24-18-13-9-8-12-17(18)23(31)28(20)24/h5-13,15,19-20,24H,14H2,1-4H3,(H,26,29)(H,27,30)/t19-,20+,24+/m0/s1. The summed E-state index contributed by atoms with van der Waals surface area (Å²) in [6, 6.07) is 15.8. The fourth-order valence-corrected chi connectivity index (χ4v) is 6.06. The molecule has 0 saturated carbocycles. The molecule has 0 aromatic heterocycles. The van der Waals surface area contributed by atoms with Gasteiger partial charge in [0.15, 0.2) is 0 Å². The Bertz CT molecular complexity index is 1040. The quantitative estimate of drug-likeness (QED) is 0.705. The van der Waals surface area contributed by atoms with Gasteiger partial charge in [-0.25, -0.2) is 0 Å². The first-order chi connectivity index (χ1) is 15.2. The van der Waals surface area contributed by atoms with Gasteiger partial charge in [-0.15, -0.1) is 11.8 Å². The molecule has 2 aliphatic heterocycles. The van der Waals surface area contributed by atoms with Gasteiger partial charge in [-0.3, -0.25) is 14.4 Å². The molecule has 2 heterocycles. The van der Waals surface area contributed by atoms with Gasteiger partial charge >= 0.3 is 0 Å². The predicted molar refractivity (Wildman–Crippen MR) is 126 cm³/mol. The summed E-state index contributed by atoms with van der Waals surface area (Å²) in [5.41, 5.74) is 2.59.